The van der Waals surface area contributed by atoms with E-state index >= 15 is 0 Å². The zero-order valence-electron chi connectivity index (χ0n) is 9.64. The Morgan fingerprint density at radius 1 is 1.36 bits per heavy atom. The average Bonchev–Trinajstić information content (AvgIpc) is 2.15. The highest BCUT2D eigenvalue weighted by molar-refractivity contribution is 5.87. The molecule has 14 heavy (non-hydrogen) atoms. The third-order valence-electron chi connectivity index (χ3n) is 2.12. The first-order chi connectivity index (χ1) is 6.57. The summed E-state index contributed by atoms with van der Waals surface area (Å²) in [5.74, 6) is 0.494. The minimum Gasteiger partial charge on any atom is -0.462 e. The van der Waals surface area contributed by atoms with Gasteiger partial charge in [0.05, 0.1) is 6.61 Å². The molecule has 0 bridgehead atoms. The van der Waals surface area contributed by atoms with Gasteiger partial charge in [0, 0.05) is 5.57 Å². The van der Waals surface area contributed by atoms with Gasteiger partial charge in [-0.1, -0.05) is 33.8 Å². The van der Waals surface area contributed by atoms with Gasteiger partial charge in [-0.3, -0.25) is 0 Å². The molecule has 0 spiro atoms. The van der Waals surface area contributed by atoms with E-state index in [9.17, 15) is 4.79 Å². The number of rotatable bonds is 7. The number of hydrogen-bond donors (Lipinski definition) is 0. The van der Waals surface area contributed by atoms with Crippen LogP contribution in [0, 0.1) is 5.92 Å². The van der Waals surface area contributed by atoms with Crippen LogP contribution in [0.1, 0.15) is 46.5 Å². The fourth-order valence-electron chi connectivity index (χ4n) is 1.07. The van der Waals surface area contributed by atoms with Gasteiger partial charge in [0.25, 0.3) is 0 Å². The lowest BCUT2D eigenvalue weighted by Crippen LogP contribution is -2.07. The number of ether oxygens (including phenoxy) is 1. The summed E-state index contributed by atoms with van der Waals surface area (Å²) >= 11 is 0. The van der Waals surface area contributed by atoms with Crippen LogP contribution in [0.25, 0.3) is 0 Å². The number of carbonyl (C=O) groups is 1. The first kappa shape index (κ1) is 13.2. The molecule has 0 rings (SSSR count). The summed E-state index contributed by atoms with van der Waals surface area (Å²) in [5.41, 5.74) is 0.564. The van der Waals surface area contributed by atoms with Gasteiger partial charge in [-0.2, -0.15) is 0 Å². The Labute approximate surface area is 87.3 Å². The molecule has 0 aliphatic carbocycles. The molecule has 0 unspecified atom stereocenters. The maximum absolute atomic E-state index is 11.1. The molecule has 0 N–H and O–H groups in total. The van der Waals surface area contributed by atoms with E-state index in [-0.39, 0.29) is 5.97 Å². The summed E-state index contributed by atoms with van der Waals surface area (Å²) in [6.45, 7) is 10.5. The van der Waals surface area contributed by atoms with Crippen molar-refractivity contribution in [1.82, 2.24) is 0 Å². The van der Waals surface area contributed by atoms with Gasteiger partial charge < -0.3 is 4.74 Å². The summed E-state index contributed by atoms with van der Waals surface area (Å²) in [7, 11) is 0. The summed E-state index contributed by atoms with van der Waals surface area (Å²) < 4.78 is 5.04. The van der Waals surface area contributed by atoms with Crippen LogP contribution in [0.4, 0.5) is 0 Å². The molecule has 0 heterocycles. The highest BCUT2D eigenvalue weighted by Gasteiger charge is 2.05. The van der Waals surface area contributed by atoms with Gasteiger partial charge in [-0.15, -0.1) is 0 Å². The first-order valence-corrected chi connectivity index (χ1v) is 5.42. The van der Waals surface area contributed by atoms with Crippen molar-refractivity contribution >= 4 is 5.97 Å². The fourth-order valence-corrected chi connectivity index (χ4v) is 1.07. The molecule has 0 aromatic rings. The third kappa shape index (κ3) is 6.70. The molecule has 82 valence electrons. The molecule has 0 atom stereocenters. The molecule has 0 radical (unpaired) electrons. The van der Waals surface area contributed by atoms with Gasteiger partial charge in [-0.05, 0) is 25.2 Å². The number of esters is 1. The minimum atomic E-state index is -0.239. The van der Waals surface area contributed by atoms with E-state index < -0.39 is 0 Å². The maximum Gasteiger partial charge on any atom is 0.333 e. The summed E-state index contributed by atoms with van der Waals surface area (Å²) in [5, 5.41) is 0. The lowest BCUT2D eigenvalue weighted by Gasteiger charge is -2.06. The molecule has 0 aromatic heterocycles. The average molecular weight is 198 g/mol. The van der Waals surface area contributed by atoms with Crippen molar-refractivity contribution in [2.24, 2.45) is 5.92 Å². The smallest absolute Gasteiger partial charge is 0.333 e. The van der Waals surface area contributed by atoms with Gasteiger partial charge in [0.15, 0.2) is 0 Å². The van der Waals surface area contributed by atoms with Crippen LogP contribution in [0.3, 0.4) is 0 Å². The Bertz CT molecular complexity index is 183. The first-order valence-electron chi connectivity index (χ1n) is 5.42. The van der Waals surface area contributed by atoms with Crippen molar-refractivity contribution in [3.8, 4) is 0 Å². The van der Waals surface area contributed by atoms with E-state index in [0.717, 1.165) is 18.8 Å². The van der Waals surface area contributed by atoms with Crippen LogP contribution in [0.2, 0.25) is 0 Å². The molecular weight excluding hydrogens is 176 g/mol. The highest BCUT2D eigenvalue weighted by atomic mass is 16.5. The topological polar surface area (TPSA) is 26.3 Å². The van der Waals surface area contributed by atoms with Crippen molar-refractivity contribution < 1.29 is 9.53 Å². The largest absolute Gasteiger partial charge is 0.462 e. The van der Waals surface area contributed by atoms with E-state index in [2.05, 4.69) is 20.4 Å². The second-order valence-corrected chi connectivity index (χ2v) is 3.98. The molecule has 0 aliphatic rings. The Hall–Kier alpha value is -0.790. The Balaban J connectivity index is 3.36. The van der Waals surface area contributed by atoms with E-state index in [1.54, 1.807) is 0 Å². The third-order valence-corrected chi connectivity index (χ3v) is 2.12. The van der Waals surface area contributed by atoms with Gasteiger partial charge in [0.1, 0.15) is 0 Å². The van der Waals surface area contributed by atoms with E-state index in [1.807, 2.05) is 6.92 Å². The van der Waals surface area contributed by atoms with Gasteiger partial charge >= 0.3 is 5.97 Å². The second kappa shape index (κ2) is 7.60. The molecule has 0 aliphatic heterocycles. The molecule has 0 saturated carbocycles. The molecule has 2 nitrogen and oxygen atoms in total. The maximum atomic E-state index is 11.1. The van der Waals surface area contributed by atoms with Crippen LogP contribution < -0.4 is 0 Å². The SMILES string of the molecule is C=C(CC)C(=O)OCCCCC(C)C. The fraction of sp³-hybridized carbons (Fsp3) is 0.750. The normalized spacial score (nSPS) is 10.3. The van der Waals surface area contributed by atoms with E-state index in [0.29, 0.717) is 18.6 Å². The van der Waals surface area contributed by atoms with E-state index in [1.165, 1.54) is 6.42 Å². The number of carbonyl (C=O) groups excluding carboxylic acids is 1. The van der Waals surface area contributed by atoms with Crippen LogP contribution in [-0.4, -0.2) is 12.6 Å². The standard InChI is InChI=1S/C12H22O2/c1-5-11(4)12(13)14-9-7-6-8-10(2)3/h10H,4-9H2,1-3H3. The van der Waals surface area contributed by atoms with Gasteiger partial charge in [-0.25, -0.2) is 4.79 Å². The van der Waals surface area contributed by atoms with E-state index in [4.69, 9.17) is 4.74 Å². The van der Waals surface area contributed by atoms with Crippen LogP contribution >= 0.6 is 0 Å². The molecule has 0 fully saturated rings. The molecule has 0 saturated heterocycles. The number of unbranched alkanes of at least 4 members (excludes halogenated alkanes) is 1. The van der Waals surface area contributed by atoms with Crippen molar-refractivity contribution in [3.05, 3.63) is 12.2 Å². The zero-order chi connectivity index (χ0) is 11.0. The predicted molar refractivity (Wildman–Crippen MR) is 59.1 cm³/mol. The second-order valence-electron chi connectivity index (χ2n) is 3.98. The van der Waals surface area contributed by atoms with Crippen molar-refractivity contribution in [2.75, 3.05) is 6.61 Å². The van der Waals surface area contributed by atoms with Gasteiger partial charge in [0.2, 0.25) is 0 Å². The summed E-state index contributed by atoms with van der Waals surface area (Å²) in [4.78, 5) is 11.1. The lowest BCUT2D eigenvalue weighted by molar-refractivity contribution is -0.139. The monoisotopic (exact) mass is 198 g/mol. The zero-order valence-corrected chi connectivity index (χ0v) is 9.64. The number of hydrogen-bond acceptors (Lipinski definition) is 2. The van der Waals surface area contributed by atoms with Crippen LogP contribution in [0.15, 0.2) is 12.2 Å². The summed E-state index contributed by atoms with van der Waals surface area (Å²) in [6.07, 6.45) is 3.96. The van der Waals surface area contributed by atoms with Crippen molar-refractivity contribution in [1.29, 1.82) is 0 Å². The Morgan fingerprint density at radius 3 is 2.50 bits per heavy atom. The van der Waals surface area contributed by atoms with Crippen molar-refractivity contribution in [2.45, 2.75) is 46.5 Å². The lowest BCUT2D eigenvalue weighted by atomic mass is 10.1. The summed E-state index contributed by atoms with van der Waals surface area (Å²) in [6, 6.07) is 0. The Kier molecular flexibility index (Phi) is 7.17. The molecule has 0 aromatic carbocycles. The molecular formula is C12H22O2. The van der Waals surface area contributed by atoms with Crippen LogP contribution in [0.5, 0.6) is 0 Å². The van der Waals surface area contributed by atoms with Crippen LogP contribution in [-0.2, 0) is 9.53 Å². The highest BCUT2D eigenvalue weighted by Crippen LogP contribution is 2.07. The van der Waals surface area contributed by atoms with Crippen molar-refractivity contribution in [3.63, 3.8) is 0 Å². The minimum absolute atomic E-state index is 0.239. The molecule has 2 heteroatoms. The Morgan fingerprint density at radius 2 is 2.00 bits per heavy atom. The quantitative estimate of drug-likeness (QED) is 0.356. The predicted octanol–water partition coefficient (Wildman–Crippen LogP) is 3.32. The molecule has 0 amide bonds.